The second-order valence-electron chi connectivity index (χ2n) is 5.46. The molecule has 1 aliphatic heterocycles. The fourth-order valence-corrected chi connectivity index (χ4v) is 2.65. The Balaban J connectivity index is 1.91. The number of nitrogens with one attached hydrogen (secondary N) is 1. The molecule has 0 aliphatic carbocycles. The first kappa shape index (κ1) is 14.6. The van der Waals surface area contributed by atoms with Gasteiger partial charge in [0.05, 0.1) is 23.8 Å². The van der Waals surface area contributed by atoms with E-state index in [1.807, 2.05) is 12.4 Å². The Morgan fingerprint density at radius 3 is 2.85 bits per heavy atom. The highest BCUT2D eigenvalue weighted by Crippen LogP contribution is 2.26. The van der Waals surface area contributed by atoms with Crippen LogP contribution in [-0.4, -0.2) is 30.5 Å². The van der Waals surface area contributed by atoms with Gasteiger partial charge in [-0.25, -0.2) is 0 Å². The van der Waals surface area contributed by atoms with Crippen molar-refractivity contribution in [1.29, 1.82) is 0 Å². The molecule has 1 saturated heterocycles. The number of anilines is 2. The van der Waals surface area contributed by atoms with E-state index in [0.717, 1.165) is 50.3 Å². The summed E-state index contributed by atoms with van der Waals surface area (Å²) in [6.07, 6.45) is 7.43. The van der Waals surface area contributed by atoms with Crippen molar-refractivity contribution < 1.29 is 4.79 Å². The molecule has 1 amide bonds. The van der Waals surface area contributed by atoms with E-state index in [-0.39, 0.29) is 5.91 Å². The van der Waals surface area contributed by atoms with Crippen LogP contribution in [0.1, 0.15) is 32.6 Å². The highest BCUT2D eigenvalue weighted by Gasteiger charge is 2.21. The summed E-state index contributed by atoms with van der Waals surface area (Å²) in [5.74, 6) is 0.258. The van der Waals surface area contributed by atoms with Crippen LogP contribution in [0.3, 0.4) is 0 Å². The lowest BCUT2D eigenvalue weighted by atomic mass is 9.93. The van der Waals surface area contributed by atoms with Gasteiger partial charge in [-0.05, 0) is 31.2 Å². The van der Waals surface area contributed by atoms with Crippen molar-refractivity contribution in [3.8, 4) is 0 Å². The first-order valence-corrected chi connectivity index (χ1v) is 7.41. The second-order valence-corrected chi connectivity index (χ2v) is 5.46. The molecule has 0 aromatic carbocycles. The Bertz CT molecular complexity index is 441. The van der Waals surface area contributed by atoms with E-state index in [9.17, 15) is 4.79 Å². The fourth-order valence-electron chi connectivity index (χ4n) is 2.65. The molecule has 1 fully saturated rings. The molecule has 2 rings (SSSR count). The fraction of sp³-hybridized carbons (Fsp3) is 0.600. The van der Waals surface area contributed by atoms with Crippen molar-refractivity contribution in [1.82, 2.24) is 4.98 Å². The minimum Gasteiger partial charge on any atom is -0.384 e. The second kappa shape index (κ2) is 7.12. The zero-order valence-electron chi connectivity index (χ0n) is 12.1. The van der Waals surface area contributed by atoms with Crippen molar-refractivity contribution in [3.05, 3.63) is 18.5 Å². The highest BCUT2D eigenvalue weighted by atomic mass is 16.1. The van der Waals surface area contributed by atoms with Crippen LogP contribution in [0.25, 0.3) is 0 Å². The van der Waals surface area contributed by atoms with E-state index in [0.29, 0.717) is 12.3 Å². The summed E-state index contributed by atoms with van der Waals surface area (Å²) < 4.78 is 0. The van der Waals surface area contributed by atoms with Gasteiger partial charge in [0, 0.05) is 26.1 Å². The minimum absolute atomic E-state index is 0.184. The van der Waals surface area contributed by atoms with Gasteiger partial charge in [0.2, 0.25) is 5.91 Å². The maximum Gasteiger partial charge on any atom is 0.217 e. The number of carbonyl (C=O) groups is 1. The molecular formula is C15H24N4O. The normalized spacial score (nSPS) is 16.1. The number of hydrogen-bond acceptors (Lipinski definition) is 4. The predicted molar refractivity (Wildman–Crippen MR) is 81.8 cm³/mol. The molecule has 0 bridgehead atoms. The van der Waals surface area contributed by atoms with E-state index in [1.165, 1.54) is 0 Å². The minimum atomic E-state index is -0.184. The highest BCUT2D eigenvalue weighted by molar-refractivity contribution is 5.74. The van der Waals surface area contributed by atoms with Gasteiger partial charge < -0.3 is 16.0 Å². The quantitative estimate of drug-likeness (QED) is 0.833. The Labute approximate surface area is 120 Å². The van der Waals surface area contributed by atoms with Crippen LogP contribution in [0, 0.1) is 5.92 Å². The van der Waals surface area contributed by atoms with Crippen molar-refractivity contribution in [2.24, 2.45) is 11.7 Å². The first-order valence-electron chi connectivity index (χ1n) is 7.41. The lowest BCUT2D eigenvalue weighted by molar-refractivity contribution is -0.119. The molecule has 110 valence electrons. The summed E-state index contributed by atoms with van der Waals surface area (Å²) in [7, 11) is 0. The first-order chi connectivity index (χ1) is 9.69. The van der Waals surface area contributed by atoms with E-state index in [4.69, 9.17) is 5.73 Å². The van der Waals surface area contributed by atoms with Gasteiger partial charge in [-0.2, -0.15) is 0 Å². The predicted octanol–water partition coefficient (Wildman–Crippen LogP) is 2.00. The van der Waals surface area contributed by atoms with E-state index < -0.39 is 0 Å². The summed E-state index contributed by atoms with van der Waals surface area (Å²) in [5.41, 5.74) is 7.49. The lowest BCUT2D eigenvalue weighted by Gasteiger charge is -2.33. The van der Waals surface area contributed by atoms with Crippen molar-refractivity contribution in [2.75, 3.05) is 29.9 Å². The van der Waals surface area contributed by atoms with Crippen LogP contribution in [0.2, 0.25) is 0 Å². The zero-order valence-corrected chi connectivity index (χ0v) is 12.1. The van der Waals surface area contributed by atoms with Crippen molar-refractivity contribution in [2.45, 2.75) is 32.6 Å². The van der Waals surface area contributed by atoms with Gasteiger partial charge in [-0.15, -0.1) is 0 Å². The summed E-state index contributed by atoms with van der Waals surface area (Å²) in [6, 6.07) is 2.15. The van der Waals surface area contributed by atoms with Gasteiger partial charge in [-0.1, -0.05) is 6.92 Å². The third-order valence-electron chi connectivity index (χ3n) is 3.77. The van der Waals surface area contributed by atoms with Crippen LogP contribution in [-0.2, 0) is 4.79 Å². The molecule has 3 N–H and O–H groups in total. The number of amides is 1. The van der Waals surface area contributed by atoms with Crippen LogP contribution < -0.4 is 16.0 Å². The molecule has 5 heteroatoms. The number of carbonyl (C=O) groups excluding carboxylic acids is 1. The monoisotopic (exact) mass is 276 g/mol. The number of rotatable bonds is 6. The van der Waals surface area contributed by atoms with Gasteiger partial charge in [0.25, 0.3) is 0 Å². The average Bonchev–Trinajstić information content (AvgIpc) is 2.45. The summed E-state index contributed by atoms with van der Waals surface area (Å²) >= 11 is 0. The molecule has 0 saturated carbocycles. The standard InChI is InChI=1S/C15H24N4O/c1-2-5-18-13-9-14(11-17-10-13)19-6-3-12(4-7-19)8-15(16)20/h9-12,18H,2-8H2,1H3,(H2,16,20). The topological polar surface area (TPSA) is 71.2 Å². The van der Waals surface area contributed by atoms with E-state index >= 15 is 0 Å². The van der Waals surface area contributed by atoms with Crippen molar-refractivity contribution in [3.63, 3.8) is 0 Å². The number of aromatic nitrogens is 1. The largest absolute Gasteiger partial charge is 0.384 e. The van der Waals surface area contributed by atoms with Crippen LogP contribution in [0.15, 0.2) is 18.5 Å². The molecule has 1 aromatic rings. The SMILES string of the molecule is CCCNc1cncc(N2CCC(CC(N)=O)CC2)c1. The summed E-state index contributed by atoms with van der Waals surface area (Å²) in [6.45, 7) is 5.05. The number of hydrogen-bond donors (Lipinski definition) is 2. The van der Waals surface area contributed by atoms with Gasteiger partial charge in [0.15, 0.2) is 0 Å². The molecule has 1 aliphatic rings. The van der Waals surface area contributed by atoms with Gasteiger partial charge in [-0.3, -0.25) is 9.78 Å². The Morgan fingerprint density at radius 1 is 1.45 bits per heavy atom. The summed E-state index contributed by atoms with van der Waals surface area (Å²) in [4.78, 5) is 17.6. The van der Waals surface area contributed by atoms with Crippen LogP contribution in [0.5, 0.6) is 0 Å². The van der Waals surface area contributed by atoms with Crippen LogP contribution >= 0.6 is 0 Å². The maximum absolute atomic E-state index is 11.0. The zero-order chi connectivity index (χ0) is 14.4. The maximum atomic E-state index is 11.0. The van der Waals surface area contributed by atoms with Gasteiger partial charge >= 0.3 is 0 Å². The van der Waals surface area contributed by atoms with Gasteiger partial charge in [0.1, 0.15) is 0 Å². The number of piperidine rings is 1. The Hall–Kier alpha value is -1.78. The molecule has 2 heterocycles. The molecule has 0 atom stereocenters. The van der Waals surface area contributed by atoms with Crippen molar-refractivity contribution >= 4 is 17.3 Å². The Morgan fingerprint density at radius 2 is 2.20 bits per heavy atom. The smallest absolute Gasteiger partial charge is 0.217 e. The average molecular weight is 276 g/mol. The van der Waals surface area contributed by atoms with E-state index in [1.54, 1.807) is 0 Å². The number of nitrogens with zero attached hydrogens (tertiary/aromatic N) is 2. The third kappa shape index (κ3) is 4.11. The number of pyridine rings is 1. The molecule has 0 unspecified atom stereocenters. The number of primary amides is 1. The summed E-state index contributed by atoms with van der Waals surface area (Å²) in [5, 5.41) is 3.36. The molecule has 1 aromatic heterocycles. The molecule has 0 radical (unpaired) electrons. The molecule has 5 nitrogen and oxygen atoms in total. The van der Waals surface area contributed by atoms with E-state index in [2.05, 4.69) is 28.2 Å². The number of nitrogens with two attached hydrogens (primary N) is 1. The molecule has 20 heavy (non-hydrogen) atoms. The third-order valence-corrected chi connectivity index (χ3v) is 3.77. The Kier molecular flexibility index (Phi) is 5.21. The molecular weight excluding hydrogens is 252 g/mol. The van der Waals surface area contributed by atoms with Crippen LogP contribution in [0.4, 0.5) is 11.4 Å². The lowest BCUT2D eigenvalue weighted by Crippen LogP contribution is -2.35. The molecule has 0 spiro atoms.